The van der Waals surface area contributed by atoms with E-state index in [4.69, 9.17) is 0 Å². The van der Waals surface area contributed by atoms with Crippen LogP contribution in [-0.4, -0.2) is 49.1 Å². The molecular formula is C17H20N6O. The van der Waals surface area contributed by atoms with Crippen LogP contribution in [0.4, 0.5) is 0 Å². The lowest BCUT2D eigenvalue weighted by molar-refractivity contribution is -0.133. The maximum atomic E-state index is 12.8. The Labute approximate surface area is 139 Å². The zero-order valence-corrected chi connectivity index (χ0v) is 13.6. The van der Waals surface area contributed by atoms with Gasteiger partial charge >= 0.3 is 0 Å². The zero-order chi connectivity index (χ0) is 16.5. The van der Waals surface area contributed by atoms with Crippen LogP contribution in [-0.2, 0) is 11.3 Å². The highest BCUT2D eigenvalue weighted by Crippen LogP contribution is 2.25. The predicted molar refractivity (Wildman–Crippen MR) is 89.4 cm³/mol. The number of aromatic amines is 1. The second-order valence-electron chi connectivity index (χ2n) is 6.38. The van der Waals surface area contributed by atoms with Gasteiger partial charge < -0.3 is 9.47 Å². The Bertz CT molecular complexity index is 853. The molecule has 3 aromatic rings. The van der Waals surface area contributed by atoms with Crippen LogP contribution < -0.4 is 0 Å². The number of para-hydroxylation sites is 1. The SMILES string of the molecule is Cc1cc2ccccc2n1CC(=O)N1CCCC(c2nn[nH]n2)C1. The lowest BCUT2D eigenvalue weighted by Crippen LogP contribution is -2.41. The van der Waals surface area contributed by atoms with E-state index in [-0.39, 0.29) is 11.8 Å². The molecule has 1 amide bonds. The molecule has 0 aliphatic carbocycles. The van der Waals surface area contributed by atoms with Gasteiger partial charge in [-0.3, -0.25) is 4.79 Å². The molecule has 1 fully saturated rings. The number of hydrogen-bond donors (Lipinski definition) is 1. The number of likely N-dealkylation sites (tertiary alicyclic amines) is 1. The molecule has 1 N–H and O–H groups in total. The molecule has 124 valence electrons. The highest BCUT2D eigenvalue weighted by molar-refractivity contribution is 5.84. The van der Waals surface area contributed by atoms with Gasteiger partial charge in [0.25, 0.3) is 0 Å². The summed E-state index contributed by atoms with van der Waals surface area (Å²) in [4.78, 5) is 14.7. The van der Waals surface area contributed by atoms with Crippen molar-refractivity contribution in [1.29, 1.82) is 0 Å². The van der Waals surface area contributed by atoms with Crippen LogP contribution in [0.25, 0.3) is 10.9 Å². The minimum Gasteiger partial charge on any atom is -0.340 e. The molecule has 7 heteroatoms. The number of H-pyrrole nitrogens is 1. The second-order valence-corrected chi connectivity index (χ2v) is 6.38. The number of fused-ring (bicyclic) bond motifs is 1. The van der Waals surface area contributed by atoms with Crippen molar-refractivity contribution in [3.8, 4) is 0 Å². The van der Waals surface area contributed by atoms with E-state index in [1.165, 1.54) is 5.39 Å². The monoisotopic (exact) mass is 324 g/mol. The molecule has 0 spiro atoms. The highest BCUT2D eigenvalue weighted by Gasteiger charge is 2.27. The van der Waals surface area contributed by atoms with Gasteiger partial charge in [-0.2, -0.15) is 5.21 Å². The Morgan fingerprint density at radius 3 is 3.08 bits per heavy atom. The molecular weight excluding hydrogens is 304 g/mol. The summed E-state index contributed by atoms with van der Waals surface area (Å²) >= 11 is 0. The summed E-state index contributed by atoms with van der Waals surface area (Å²) in [6, 6.07) is 10.3. The summed E-state index contributed by atoms with van der Waals surface area (Å²) in [6.07, 6.45) is 1.96. The highest BCUT2D eigenvalue weighted by atomic mass is 16.2. The minimum absolute atomic E-state index is 0.146. The van der Waals surface area contributed by atoms with Crippen molar-refractivity contribution >= 4 is 16.8 Å². The van der Waals surface area contributed by atoms with Gasteiger partial charge in [-0.15, -0.1) is 10.2 Å². The first-order valence-corrected chi connectivity index (χ1v) is 8.28. The molecule has 0 bridgehead atoms. The number of hydrogen-bond acceptors (Lipinski definition) is 4. The second kappa shape index (κ2) is 6.07. The quantitative estimate of drug-likeness (QED) is 0.797. The fraction of sp³-hybridized carbons (Fsp3) is 0.412. The van der Waals surface area contributed by atoms with Gasteiger partial charge in [0.1, 0.15) is 6.54 Å². The first-order chi connectivity index (χ1) is 11.7. The van der Waals surface area contributed by atoms with Gasteiger partial charge in [-0.25, -0.2) is 0 Å². The molecule has 24 heavy (non-hydrogen) atoms. The van der Waals surface area contributed by atoms with Crippen LogP contribution in [0.2, 0.25) is 0 Å². The average Bonchev–Trinajstić information content (AvgIpc) is 3.24. The van der Waals surface area contributed by atoms with E-state index in [1.54, 1.807) is 0 Å². The zero-order valence-electron chi connectivity index (χ0n) is 13.6. The summed E-state index contributed by atoms with van der Waals surface area (Å²) < 4.78 is 2.09. The van der Waals surface area contributed by atoms with Crippen molar-refractivity contribution in [3.05, 3.63) is 41.9 Å². The fourth-order valence-electron chi connectivity index (χ4n) is 3.55. The van der Waals surface area contributed by atoms with Crippen molar-refractivity contribution in [3.63, 3.8) is 0 Å². The van der Waals surface area contributed by atoms with Crippen LogP contribution in [0, 0.1) is 6.92 Å². The number of nitrogens with zero attached hydrogens (tertiary/aromatic N) is 5. The van der Waals surface area contributed by atoms with Crippen molar-refractivity contribution < 1.29 is 4.79 Å². The molecule has 1 aromatic carbocycles. The van der Waals surface area contributed by atoms with Crippen LogP contribution >= 0.6 is 0 Å². The van der Waals surface area contributed by atoms with E-state index in [0.29, 0.717) is 18.9 Å². The molecule has 3 heterocycles. The van der Waals surface area contributed by atoms with Gasteiger partial charge in [-0.05, 0) is 37.3 Å². The maximum Gasteiger partial charge on any atom is 0.242 e. The van der Waals surface area contributed by atoms with Crippen LogP contribution in [0.3, 0.4) is 0 Å². The third-order valence-corrected chi connectivity index (χ3v) is 4.81. The van der Waals surface area contributed by atoms with Crippen LogP contribution in [0.5, 0.6) is 0 Å². The van der Waals surface area contributed by atoms with Crippen molar-refractivity contribution in [2.75, 3.05) is 13.1 Å². The van der Waals surface area contributed by atoms with Crippen LogP contribution in [0.15, 0.2) is 30.3 Å². The summed E-state index contributed by atoms with van der Waals surface area (Å²) in [6.45, 7) is 3.88. The van der Waals surface area contributed by atoms with Gasteiger partial charge in [0.15, 0.2) is 5.82 Å². The maximum absolute atomic E-state index is 12.8. The minimum atomic E-state index is 0.146. The first kappa shape index (κ1) is 14.9. The number of nitrogens with one attached hydrogen (secondary N) is 1. The molecule has 1 atom stereocenters. The van der Waals surface area contributed by atoms with E-state index in [1.807, 2.05) is 24.0 Å². The van der Waals surface area contributed by atoms with Gasteiger partial charge in [0, 0.05) is 30.2 Å². The smallest absolute Gasteiger partial charge is 0.242 e. The molecule has 2 aromatic heterocycles. The molecule has 1 aliphatic rings. The molecule has 1 aliphatic heterocycles. The average molecular weight is 324 g/mol. The molecule has 1 saturated heterocycles. The summed E-state index contributed by atoms with van der Waals surface area (Å²) in [5.41, 5.74) is 2.21. The molecule has 0 radical (unpaired) electrons. The summed E-state index contributed by atoms with van der Waals surface area (Å²) in [5.74, 6) is 1.02. The molecule has 1 unspecified atom stereocenters. The largest absolute Gasteiger partial charge is 0.340 e. The van der Waals surface area contributed by atoms with E-state index >= 15 is 0 Å². The van der Waals surface area contributed by atoms with Crippen molar-refractivity contribution in [1.82, 2.24) is 30.1 Å². The Morgan fingerprint density at radius 2 is 2.25 bits per heavy atom. The Balaban J connectivity index is 1.52. The standard InChI is InChI=1S/C17H20N6O/c1-12-9-13-5-2-3-7-15(13)23(12)11-16(24)22-8-4-6-14(10-22)17-18-20-21-19-17/h2-3,5,7,9,14H,4,6,8,10-11H2,1H3,(H,18,19,20,21). The van der Waals surface area contributed by atoms with Crippen molar-refractivity contribution in [2.24, 2.45) is 0 Å². The van der Waals surface area contributed by atoms with Gasteiger partial charge in [0.05, 0.1) is 0 Å². The molecule has 0 saturated carbocycles. The lowest BCUT2D eigenvalue weighted by atomic mass is 9.97. The van der Waals surface area contributed by atoms with E-state index in [9.17, 15) is 4.79 Å². The Morgan fingerprint density at radius 1 is 1.38 bits per heavy atom. The summed E-state index contributed by atoms with van der Waals surface area (Å²) in [5, 5.41) is 15.4. The topological polar surface area (TPSA) is 79.7 Å². The number of carbonyl (C=O) groups is 1. The summed E-state index contributed by atoms with van der Waals surface area (Å²) in [7, 11) is 0. The van der Waals surface area contributed by atoms with Crippen LogP contribution in [0.1, 0.15) is 30.3 Å². The van der Waals surface area contributed by atoms with E-state index < -0.39 is 0 Å². The Kier molecular flexibility index (Phi) is 3.76. The normalized spacial score (nSPS) is 18.2. The van der Waals surface area contributed by atoms with Crippen molar-refractivity contribution in [2.45, 2.75) is 32.2 Å². The number of aryl methyl sites for hydroxylation is 1. The lowest BCUT2D eigenvalue weighted by Gasteiger charge is -2.31. The number of rotatable bonds is 3. The third-order valence-electron chi connectivity index (χ3n) is 4.81. The molecule has 7 nitrogen and oxygen atoms in total. The first-order valence-electron chi connectivity index (χ1n) is 8.28. The van der Waals surface area contributed by atoms with Gasteiger partial charge in [-0.1, -0.05) is 23.4 Å². The number of piperidine rings is 1. The van der Waals surface area contributed by atoms with E-state index in [2.05, 4.69) is 43.4 Å². The third kappa shape index (κ3) is 2.66. The van der Waals surface area contributed by atoms with E-state index in [0.717, 1.165) is 30.6 Å². The predicted octanol–water partition coefficient (Wildman–Crippen LogP) is 1.87. The molecule has 4 rings (SSSR count). The number of amides is 1. The number of aromatic nitrogens is 5. The number of tetrazole rings is 1. The fourth-order valence-corrected chi connectivity index (χ4v) is 3.55. The van der Waals surface area contributed by atoms with Gasteiger partial charge in [0.2, 0.25) is 5.91 Å². The Hall–Kier alpha value is -2.70. The number of benzene rings is 1. The number of carbonyl (C=O) groups excluding carboxylic acids is 1.